The summed E-state index contributed by atoms with van der Waals surface area (Å²) in [6.07, 6.45) is 2.04. The number of nitrogens with one attached hydrogen (secondary N) is 1. The van der Waals surface area contributed by atoms with Gasteiger partial charge in [0.05, 0.1) is 5.75 Å². The van der Waals surface area contributed by atoms with Gasteiger partial charge in [-0.1, -0.05) is 55.8 Å². The molecule has 1 aliphatic heterocycles. The molecule has 1 saturated heterocycles. The highest BCUT2D eigenvalue weighted by molar-refractivity contribution is 8.00. The summed E-state index contributed by atoms with van der Waals surface area (Å²) < 4.78 is 0. The molecule has 2 aromatic carbocycles. The molecule has 2 amide bonds. The van der Waals surface area contributed by atoms with Crippen LogP contribution in [0.1, 0.15) is 46.6 Å². The minimum absolute atomic E-state index is 0.0000845. The van der Waals surface area contributed by atoms with Gasteiger partial charge in [0.15, 0.2) is 0 Å². The van der Waals surface area contributed by atoms with Crippen molar-refractivity contribution >= 4 is 23.6 Å². The number of rotatable bonds is 7. The monoisotopic (exact) mass is 368 g/mol. The van der Waals surface area contributed by atoms with Crippen molar-refractivity contribution in [2.24, 2.45) is 0 Å². The van der Waals surface area contributed by atoms with E-state index in [1.807, 2.05) is 59.5 Å². The number of hydrogen-bond acceptors (Lipinski definition) is 3. The van der Waals surface area contributed by atoms with Gasteiger partial charge in [-0.15, -0.1) is 11.8 Å². The number of unbranched alkanes of at least 4 members (excludes halogenated alkanes) is 1. The average molecular weight is 369 g/mol. The third-order valence-electron chi connectivity index (χ3n) is 4.44. The Balaban J connectivity index is 1.69. The first kappa shape index (κ1) is 18.5. The lowest BCUT2D eigenvalue weighted by atomic mass is 10.1. The zero-order valence-electron chi connectivity index (χ0n) is 15.0. The lowest BCUT2D eigenvalue weighted by molar-refractivity contribution is -0.128. The Morgan fingerprint density at radius 1 is 1.15 bits per heavy atom. The fraction of sp³-hybridized carbons (Fsp3) is 0.333. The summed E-state index contributed by atoms with van der Waals surface area (Å²) in [4.78, 5) is 26.4. The summed E-state index contributed by atoms with van der Waals surface area (Å²) in [5.74, 6) is 0.614. The minimum atomic E-state index is -0.0405. The van der Waals surface area contributed by atoms with E-state index in [1.54, 1.807) is 11.8 Å². The molecule has 136 valence electrons. The van der Waals surface area contributed by atoms with E-state index in [9.17, 15) is 9.59 Å². The fourth-order valence-corrected chi connectivity index (χ4v) is 4.15. The number of carbonyl (C=O) groups excluding carboxylic acids is 2. The quantitative estimate of drug-likeness (QED) is 0.752. The summed E-state index contributed by atoms with van der Waals surface area (Å²) >= 11 is 1.64. The predicted molar refractivity (Wildman–Crippen MR) is 106 cm³/mol. The van der Waals surface area contributed by atoms with Crippen LogP contribution in [0.5, 0.6) is 0 Å². The highest BCUT2D eigenvalue weighted by Crippen LogP contribution is 2.39. The van der Waals surface area contributed by atoms with Gasteiger partial charge in [-0.05, 0) is 29.7 Å². The Labute approximate surface area is 159 Å². The van der Waals surface area contributed by atoms with Crippen LogP contribution < -0.4 is 5.32 Å². The van der Waals surface area contributed by atoms with Gasteiger partial charge in [0.2, 0.25) is 5.91 Å². The molecular weight excluding hydrogens is 344 g/mol. The van der Waals surface area contributed by atoms with Gasteiger partial charge in [-0.2, -0.15) is 0 Å². The first-order chi connectivity index (χ1) is 12.7. The lowest BCUT2D eigenvalue weighted by Crippen LogP contribution is -2.28. The zero-order valence-corrected chi connectivity index (χ0v) is 15.8. The molecule has 0 aliphatic carbocycles. The Morgan fingerprint density at radius 2 is 1.88 bits per heavy atom. The van der Waals surface area contributed by atoms with Crippen molar-refractivity contribution in [2.75, 3.05) is 12.3 Å². The predicted octanol–water partition coefficient (Wildman–Crippen LogP) is 3.99. The summed E-state index contributed by atoms with van der Waals surface area (Å²) in [6, 6.07) is 17.7. The first-order valence-corrected chi connectivity index (χ1v) is 10.1. The van der Waals surface area contributed by atoms with Crippen LogP contribution in [0.25, 0.3) is 0 Å². The molecule has 0 saturated carbocycles. The normalized spacial score (nSPS) is 16.7. The minimum Gasteiger partial charge on any atom is -0.352 e. The van der Waals surface area contributed by atoms with Crippen LogP contribution in [0.3, 0.4) is 0 Å². The molecule has 0 spiro atoms. The number of nitrogens with zero attached hydrogens (tertiary/aromatic N) is 1. The van der Waals surface area contributed by atoms with Gasteiger partial charge >= 0.3 is 0 Å². The number of amides is 2. The fourth-order valence-electron chi connectivity index (χ4n) is 2.96. The smallest absolute Gasteiger partial charge is 0.251 e. The Kier molecular flexibility index (Phi) is 6.34. The van der Waals surface area contributed by atoms with Gasteiger partial charge in [0, 0.05) is 18.7 Å². The van der Waals surface area contributed by atoms with Crippen LogP contribution in [0.2, 0.25) is 0 Å². The van der Waals surface area contributed by atoms with Crippen LogP contribution >= 0.6 is 11.8 Å². The highest BCUT2D eigenvalue weighted by Gasteiger charge is 2.32. The van der Waals surface area contributed by atoms with Crippen molar-refractivity contribution in [1.82, 2.24) is 10.2 Å². The molecular formula is C21H24N2O2S. The van der Waals surface area contributed by atoms with Crippen molar-refractivity contribution in [1.29, 1.82) is 0 Å². The molecule has 3 rings (SSSR count). The summed E-state index contributed by atoms with van der Waals surface area (Å²) in [7, 11) is 0. The largest absolute Gasteiger partial charge is 0.352 e. The SMILES string of the molecule is CCCCNC(=O)c1ccc([C@@H]2SCC(=O)N2Cc2ccccc2)cc1. The molecule has 0 bridgehead atoms. The van der Waals surface area contributed by atoms with Crippen molar-refractivity contribution in [3.8, 4) is 0 Å². The Bertz CT molecular complexity index is 746. The van der Waals surface area contributed by atoms with E-state index in [1.165, 1.54) is 0 Å². The maximum absolute atomic E-state index is 12.3. The van der Waals surface area contributed by atoms with E-state index in [2.05, 4.69) is 12.2 Å². The molecule has 0 aromatic heterocycles. The molecule has 5 heteroatoms. The van der Waals surface area contributed by atoms with Crippen LogP contribution in [0.15, 0.2) is 54.6 Å². The second-order valence-electron chi connectivity index (χ2n) is 6.40. The third-order valence-corrected chi connectivity index (χ3v) is 5.69. The van der Waals surface area contributed by atoms with Gasteiger partial charge in [0.1, 0.15) is 5.37 Å². The number of benzene rings is 2. The summed E-state index contributed by atoms with van der Waals surface area (Å²) in [5, 5.41) is 2.93. The van der Waals surface area contributed by atoms with Crippen molar-refractivity contribution in [2.45, 2.75) is 31.7 Å². The molecule has 2 aromatic rings. The summed E-state index contributed by atoms with van der Waals surface area (Å²) in [6.45, 7) is 3.41. The van der Waals surface area contributed by atoms with Gasteiger partial charge < -0.3 is 10.2 Å². The number of hydrogen-bond donors (Lipinski definition) is 1. The average Bonchev–Trinajstić information content (AvgIpc) is 3.03. The number of carbonyl (C=O) groups is 2. The second-order valence-corrected chi connectivity index (χ2v) is 7.47. The van der Waals surface area contributed by atoms with E-state index < -0.39 is 0 Å². The first-order valence-electron chi connectivity index (χ1n) is 9.02. The van der Waals surface area contributed by atoms with Crippen LogP contribution in [0, 0.1) is 0 Å². The van der Waals surface area contributed by atoms with E-state index in [0.29, 0.717) is 24.4 Å². The zero-order chi connectivity index (χ0) is 18.4. The van der Waals surface area contributed by atoms with E-state index >= 15 is 0 Å². The molecule has 4 nitrogen and oxygen atoms in total. The maximum Gasteiger partial charge on any atom is 0.251 e. The lowest BCUT2D eigenvalue weighted by Gasteiger charge is -2.24. The second kappa shape index (κ2) is 8.90. The standard InChI is InChI=1S/C21H24N2O2S/c1-2-3-13-22-20(25)17-9-11-18(12-10-17)21-23(19(24)15-26-21)14-16-7-5-4-6-8-16/h4-12,21H,2-3,13-15H2,1H3,(H,22,25)/t21-/m0/s1. The van der Waals surface area contributed by atoms with Gasteiger partial charge in [-0.25, -0.2) is 0 Å². The van der Waals surface area contributed by atoms with Crippen molar-refractivity contribution in [3.63, 3.8) is 0 Å². The van der Waals surface area contributed by atoms with Crippen molar-refractivity contribution < 1.29 is 9.59 Å². The molecule has 1 fully saturated rings. The van der Waals surface area contributed by atoms with Gasteiger partial charge in [-0.3, -0.25) is 9.59 Å². The molecule has 1 atom stereocenters. The summed E-state index contributed by atoms with van der Waals surface area (Å²) in [5.41, 5.74) is 2.84. The van der Waals surface area contributed by atoms with Crippen molar-refractivity contribution in [3.05, 3.63) is 71.3 Å². The topological polar surface area (TPSA) is 49.4 Å². The number of thioether (sulfide) groups is 1. The molecule has 0 radical (unpaired) electrons. The highest BCUT2D eigenvalue weighted by atomic mass is 32.2. The molecule has 1 aliphatic rings. The molecule has 1 N–H and O–H groups in total. The van der Waals surface area contributed by atoms with Crippen LogP contribution in [0.4, 0.5) is 0 Å². The Hall–Kier alpha value is -2.27. The van der Waals surface area contributed by atoms with E-state index in [0.717, 1.165) is 24.0 Å². The molecule has 1 heterocycles. The van der Waals surface area contributed by atoms with Gasteiger partial charge in [0.25, 0.3) is 5.91 Å². The van der Waals surface area contributed by atoms with E-state index in [4.69, 9.17) is 0 Å². The van der Waals surface area contributed by atoms with Crippen LogP contribution in [-0.2, 0) is 11.3 Å². The molecule has 26 heavy (non-hydrogen) atoms. The van der Waals surface area contributed by atoms with Crippen LogP contribution in [-0.4, -0.2) is 29.0 Å². The van der Waals surface area contributed by atoms with E-state index in [-0.39, 0.29) is 17.2 Å². The Morgan fingerprint density at radius 3 is 2.58 bits per heavy atom. The maximum atomic E-state index is 12.3. The third kappa shape index (κ3) is 4.47. The molecule has 0 unspecified atom stereocenters.